The van der Waals surface area contributed by atoms with Crippen LogP contribution in [0.15, 0.2) is 23.6 Å². The molecule has 0 radical (unpaired) electrons. The molecule has 2 aliphatic rings. The highest BCUT2D eigenvalue weighted by Crippen LogP contribution is 2.44. The smallest absolute Gasteiger partial charge is 0.0130 e. The first-order valence-electron chi connectivity index (χ1n) is 5.64. The molecule has 0 amide bonds. The summed E-state index contributed by atoms with van der Waals surface area (Å²) in [6, 6.07) is 6.86. The van der Waals surface area contributed by atoms with Gasteiger partial charge in [0.05, 0.1) is 0 Å². The van der Waals surface area contributed by atoms with Crippen LogP contribution in [0.5, 0.6) is 0 Å². The van der Waals surface area contributed by atoms with Crippen molar-refractivity contribution in [2.75, 3.05) is 0 Å². The van der Waals surface area contributed by atoms with E-state index in [0.717, 1.165) is 0 Å². The molecule has 0 saturated heterocycles. The van der Waals surface area contributed by atoms with Crippen LogP contribution >= 0.6 is 11.3 Å². The van der Waals surface area contributed by atoms with E-state index in [-0.39, 0.29) is 0 Å². The van der Waals surface area contributed by atoms with E-state index in [4.69, 9.17) is 0 Å². The van der Waals surface area contributed by atoms with Gasteiger partial charge in [0.2, 0.25) is 0 Å². The van der Waals surface area contributed by atoms with Crippen LogP contribution in [0.25, 0.3) is 11.1 Å². The second-order valence-electron chi connectivity index (χ2n) is 4.51. The van der Waals surface area contributed by atoms with Gasteiger partial charge in [0.1, 0.15) is 0 Å². The van der Waals surface area contributed by atoms with Crippen molar-refractivity contribution in [2.45, 2.75) is 25.7 Å². The summed E-state index contributed by atoms with van der Waals surface area (Å²) in [7, 11) is 0. The normalized spacial score (nSPS) is 16.3. The van der Waals surface area contributed by atoms with Crippen LogP contribution in [-0.2, 0) is 25.7 Å². The van der Waals surface area contributed by atoms with Gasteiger partial charge in [-0.15, -0.1) is 11.3 Å². The summed E-state index contributed by atoms with van der Waals surface area (Å²) in [6.45, 7) is 0. The van der Waals surface area contributed by atoms with Crippen LogP contribution in [0, 0.1) is 0 Å². The molecule has 1 heterocycles. The second-order valence-corrected chi connectivity index (χ2v) is 5.47. The molecule has 0 N–H and O–H groups in total. The van der Waals surface area contributed by atoms with Crippen molar-refractivity contribution in [3.05, 3.63) is 45.1 Å². The van der Waals surface area contributed by atoms with Gasteiger partial charge in [-0.1, -0.05) is 18.2 Å². The molecule has 0 saturated carbocycles. The SMILES string of the molecule is c1cc2c3c(c1)CCc1scc(c1-3)CC2. The molecule has 4 rings (SSSR count). The summed E-state index contributed by atoms with van der Waals surface area (Å²) in [6.07, 6.45) is 5.00. The summed E-state index contributed by atoms with van der Waals surface area (Å²) < 4.78 is 0. The largest absolute Gasteiger partial charge is 0.148 e. The van der Waals surface area contributed by atoms with E-state index in [9.17, 15) is 0 Å². The molecule has 2 aliphatic carbocycles. The average Bonchev–Trinajstić information content (AvgIpc) is 2.71. The van der Waals surface area contributed by atoms with Gasteiger partial charge in [-0.25, -0.2) is 0 Å². The molecule has 0 fully saturated rings. The van der Waals surface area contributed by atoms with E-state index < -0.39 is 0 Å². The molecular weight excluding hydrogens is 200 g/mol. The maximum Gasteiger partial charge on any atom is 0.0130 e. The highest BCUT2D eigenvalue weighted by molar-refractivity contribution is 7.10. The number of hydrogen-bond donors (Lipinski definition) is 0. The zero-order valence-corrected chi connectivity index (χ0v) is 9.36. The highest BCUT2D eigenvalue weighted by atomic mass is 32.1. The van der Waals surface area contributed by atoms with Crippen molar-refractivity contribution >= 4 is 11.3 Å². The van der Waals surface area contributed by atoms with Gasteiger partial charge in [-0.2, -0.15) is 0 Å². The fourth-order valence-corrected chi connectivity index (χ4v) is 4.11. The van der Waals surface area contributed by atoms with Gasteiger partial charge in [0.15, 0.2) is 0 Å². The van der Waals surface area contributed by atoms with Crippen molar-refractivity contribution in [2.24, 2.45) is 0 Å². The lowest BCUT2D eigenvalue weighted by molar-refractivity contribution is 0.896. The minimum absolute atomic E-state index is 1.24. The van der Waals surface area contributed by atoms with E-state index in [1.54, 1.807) is 32.7 Å². The lowest BCUT2D eigenvalue weighted by Gasteiger charge is -2.25. The van der Waals surface area contributed by atoms with E-state index in [1.807, 2.05) is 11.3 Å². The monoisotopic (exact) mass is 212 g/mol. The lowest BCUT2D eigenvalue weighted by Crippen LogP contribution is -2.10. The molecule has 0 spiro atoms. The first-order valence-corrected chi connectivity index (χ1v) is 6.52. The number of hydrogen-bond acceptors (Lipinski definition) is 1. The van der Waals surface area contributed by atoms with Crippen molar-refractivity contribution in [1.29, 1.82) is 0 Å². The predicted octanol–water partition coefficient (Wildman–Crippen LogP) is 3.61. The number of aryl methyl sites for hydroxylation is 4. The van der Waals surface area contributed by atoms with Gasteiger partial charge >= 0.3 is 0 Å². The van der Waals surface area contributed by atoms with Gasteiger partial charge in [0.25, 0.3) is 0 Å². The summed E-state index contributed by atoms with van der Waals surface area (Å²) in [5.74, 6) is 0. The number of benzene rings is 1. The average molecular weight is 212 g/mol. The van der Waals surface area contributed by atoms with E-state index >= 15 is 0 Å². The molecule has 0 nitrogen and oxygen atoms in total. The minimum atomic E-state index is 1.24. The Labute approximate surface area is 93.6 Å². The molecule has 1 aromatic carbocycles. The molecule has 74 valence electrons. The van der Waals surface area contributed by atoms with E-state index in [0.29, 0.717) is 0 Å². The molecule has 2 aromatic rings. The Morgan fingerprint density at radius 3 is 2.40 bits per heavy atom. The maximum atomic E-state index is 2.38. The molecule has 15 heavy (non-hydrogen) atoms. The fraction of sp³-hybridized carbons (Fsp3) is 0.286. The quantitative estimate of drug-likeness (QED) is 0.626. The van der Waals surface area contributed by atoms with Gasteiger partial charge in [-0.05, 0) is 58.9 Å². The predicted molar refractivity (Wildman–Crippen MR) is 64.6 cm³/mol. The van der Waals surface area contributed by atoms with Crippen LogP contribution in [0.2, 0.25) is 0 Å². The Morgan fingerprint density at radius 1 is 0.800 bits per heavy atom. The zero-order chi connectivity index (χ0) is 9.83. The Kier molecular flexibility index (Phi) is 1.48. The molecule has 0 unspecified atom stereocenters. The van der Waals surface area contributed by atoms with Crippen molar-refractivity contribution < 1.29 is 0 Å². The first kappa shape index (κ1) is 8.12. The van der Waals surface area contributed by atoms with Crippen molar-refractivity contribution in [1.82, 2.24) is 0 Å². The zero-order valence-electron chi connectivity index (χ0n) is 8.55. The Balaban J connectivity index is 2.16. The molecule has 0 atom stereocenters. The van der Waals surface area contributed by atoms with Gasteiger partial charge < -0.3 is 0 Å². The number of rotatable bonds is 0. The van der Waals surface area contributed by atoms with E-state index in [1.165, 1.54) is 25.7 Å². The van der Waals surface area contributed by atoms with Gasteiger partial charge in [-0.3, -0.25) is 0 Å². The second kappa shape index (κ2) is 2.73. The van der Waals surface area contributed by atoms with Crippen molar-refractivity contribution in [3.8, 4) is 11.1 Å². The molecule has 0 bridgehead atoms. The maximum absolute atomic E-state index is 2.38. The van der Waals surface area contributed by atoms with Crippen molar-refractivity contribution in [3.63, 3.8) is 0 Å². The summed E-state index contributed by atoms with van der Waals surface area (Å²) in [5.41, 5.74) is 7.98. The molecule has 1 aromatic heterocycles. The van der Waals surface area contributed by atoms with Crippen LogP contribution in [-0.4, -0.2) is 0 Å². The van der Waals surface area contributed by atoms with Crippen LogP contribution in [0.1, 0.15) is 21.6 Å². The summed E-state index contributed by atoms with van der Waals surface area (Å²) in [4.78, 5) is 1.63. The number of thiophene rings is 1. The standard InChI is InChI=1S/C14H12S/c1-2-9-4-5-11-8-15-12-7-6-10(3-1)13(9)14(11)12/h1-3,8H,4-7H2. The third-order valence-electron chi connectivity index (χ3n) is 3.72. The minimum Gasteiger partial charge on any atom is -0.148 e. The third kappa shape index (κ3) is 0.967. The summed E-state index contributed by atoms with van der Waals surface area (Å²) >= 11 is 1.97. The first-order chi connectivity index (χ1) is 7.43. The molecular formula is C14H12S. The highest BCUT2D eigenvalue weighted by Gasteiger charge is 2.26. The Morgan fingerprint density at radius 2 is 1.53 bits per heavy atom. The van der Waals surface area contributed by atoms with Crippen LogP contribution in [0.3, 0.4) is 0 Å². The third-order valence-corrected chi connectivity index (χ3v) is 4.81. The topological polar surface area (TPSA) is 0 Å². The molecule has 0 aliphatic heterocycles. The van der Waals surface area contributed by atoms with Crippen LogP contribution in [0.4, 0.5) is 0 Å². The summed E-state index contributed by atoms with van der Waals surface area (Å²) in [5, 5.41) is 2.38. The lowest BCUT2D eigenvalue weighted by atomic mass is 9.79. The van der Waals surface area contributed by atoms with Gasteiger partial charge in [0, 0.05) is 4.88 Å². The Bertz CT molecular complexity index is 505. The fourth-order valence-electron chi connectivity index (χ4n) is 3.02. The van der Waals surface area contributed by atoms with Crippen LogP contribution < -0.4 is 0 Å². The molecule has 1 heteroatoms. The van der Waals surface area contributed by atoms with E-state index in [2.05, 4.69) is 23.6 Å². The Hall–Kier alpha value is -1.08.